The van der Waals surface area contributed by atoms with Gasteiger partial charge < -0.3 is 4.90 Å². The molecule has 3 rings (SSSR count). The van der Waals surface area contributed by atoms with Gasteiger partial charge in [0.1, 0.15) is 11.2 Å². The van der Waals surface area contributed by atoms with Gasteiger partial charge >= 0.3 is 0 Å². The van der Waals surface area contributed by atoms with Crippen molar-refractivity contribution in [2.45, 2.75) is 5.37 Å². The Balaban J connectivity index is 1.88. The SMILES string of the molecule is O=C(c1cccs1)N1CCSC1c1cccc(F)c1. The van der Waals surface area contributed by atoms with E-state index >= 15 is 0 Å². The van der Waals surface area contributed by atoms with E-state index < -0.39 is 0 Å². The van der Waals surface area contributed by atoms with Crippen molar-refractivity contribution in [2.24, 2.45) is 0 Å². The van der Waals surface area contributed by atoms with Gasteiger partial charge in [0.05, 0.1) is 4.88 Å². The van der Waals surface area contributed by atoms with Crippen LogP contribution in [-0.2, 0) is 0 Å². The van der Waals surface area contributed by atoms with Crippen LogP contribution in [0, 0.1) is 5.82 Å². The number of carbonyl (C=O) groups excluding carboxylic acids is 1. The molecule has 0 saturated carbocycles. The van der Waals surface area contributed by atoms with Crippen LogP contribution in [0.2, 0.25) is 0 Å². The Morgan fingerprint density at radius 1 is 1.32 bits per heavy atom. The van der Waals surface area contributed by atoms with Crippen LogP contribution in [0.25, 0.3) is 0 Å². The number of amides is 1. The molecule has 0 bridgehead atoms. The second-order valence-corrected chi connectivity index (χ2v) is 6.39. The normalized spacial score (nSPS) is 18.8. The Bertz CT molecular complexity index is 585. The lowest BCUT2D eigenvalue weighted by atomic mass is 10.2. The van der Waals surface area contributed by atoms with Crippen molar-refractivity contribution in [1.29, 1.82) is 0 Å². The summed E-state index contributed by atoms with van der Waals surface area (Å²) < 4.78 is 13.3. The van der Waals surface area contributed by atoms with Gasteiger partial charge in [-0.15, -0.1) is 23.1 Å². The third kappa shape index (κ3) is 2.53. The highest BCUT2D eigenvalue weighted by molar-refractivity contribution is 7.99. The molecule has 1 amide bonds. The van der Waals surface area contributed by atoms with Crippen molar-refractivity contribution in [2.75, 3.05) is 12.3 Å². The number of thioether (sulfide) groups is 1. The van der Waals surface area contributed by atoms with Crippen LogP contribution in [-0.4, -0.2) is 23.1 Å². The van der Waals surface area contributed by atoms with Crippen molar-refractivity contribution < 1.29 is 9.18 Å². The molecular formula is C14H12FNOS2. The van der Waals surface area contributed by atoms with Gasteiger partial charge in [0.25, 0.3) is 5.91 Å². The summed E-state index contributed by atoms with van der Waals surface area (Å²) in [7, 11) is 0. The number of benzene rings is 1. The second-order valence-electron chi connectivity index (χ2n) is 4.25. The number of nitrogens with zero attached hydrogens (tertiary/aromatic N) is 1. The van der Waals surface area contributed by atoms with Crippen LogP contribution in [0.1, 0.15) is 20.6 Å². The van der Waals surface area contributed by atoms with Crippen molar-refractivity contribution >= 4 is 29.0 Å². The lowest BCUT2D eigenvalue weighted by Gasteiger charge is -2.23. The number of rotatable bonds is 2. The highest BCUT2D eigenvalue weighted by Gasteiger charge is 2.31. The van der Waals surface area contributed by atoms with E-state index in [4.69, 9.17) is 0 Å². The van der Waals surface area contributed by atoms with Crippen LogP contribution < -0.4 is 0 Å². The first-order valence-corrected chi connectivity index (χ1v) is 7.90. The molecule has 0 aliphatic carbocycles. The van der Waals surface area contributed by atoms with Gasteiger partial charge in [-0.3, -0.25) is 4.79 Å². The molecule has 19 heavy (non-hydrogen) atoms. The second kappa shape index (κ2) is 5.35. The van der Waals surface area contributed by atoms with Crippen molar-refractivity contribution in [1.82, 2.24) is 4.90 Å². The average Bonchev–Trinajstić information content (AvgIpc) is 3.09. The molecule has 1 saturated heterocycles. The van der Waals surface area contributed by atoms with Gasteiger partial charge in [-0.2, -0.15) is 0 Å². The monoisotopic (exact) mass is 293 g/mol. The molecule has 2 aromatic rings. The van der Waals surface area contributed by atoms with E-state index in [2.05, 4.69) is 0 Å². The molecule has 0 spiro atoms. The predicted molar refractivity (Wildman–Crippen MR) is 77.0 cm³/mol. The molecular weight excluding hydrogens is 281 g/mol. The van der Waals surface area contributed by atoms with Gasteiger partial charge in [0, 0.05) is 12.3 Å². The fraction of sp³-hybridized carbons (Fsp3) is 0.214. The van der Waals surface area contributed by atoms with E-state index in [1.807, 2.05) is 28.5 Å². The van der Waals surface area contributed by atoms with Gasteiger partial charge in [0.15, 0.2) is 0 Å². The summed E-state index contributed by atoms with van der Waals surface area (Å²) in [5.74, 6) is 0.668. The Morgan fingerprint density at radius 3 is 2.95 bits per heavy atom. The van der Waals surface area contributed by atoms with Gasteiger partial charge in [-0.05, 0) is 29.1 Å². The Kier molecular flexibility index (Phi) is 3.57. The summed E-state index contributed by atoms with van der Waals surface area (Å²) >= 11 is 3.12. The predicted octanol–water partition coefficient (Wildman–Crippen LogP) is 3.78. The van der Waals surface area contributed by atoms with Crippen LogP contribution in [0.5, 0.6) is 0 Å². The summed E-state index contributed by atoms with van der Waals surface area (Å²) in [6.45, 7) is 0.711. The lowest BCUT2D eigenvalue weighted by molar-refractivity contribution is 0.0765. The summed E-state index contributed by atoms with van der Waals surface area (Å²) in [5.41, 5.74) is 0.854. The molecule has 1 aromatic heterocycles. The summed E-state index contributed by atoms with van der Waals surface area (Å²) in [6.07, 6.45) is 0. The maximum Gasteiger partial charge on any atom is 0.265 e. The first-order valence-electron chi connectivity index (χ1n) is 5.97. The highest BCUT2D eigenvalue weighted by atomic mass is 32.2. The molecule has 1 fully saturated rings. The highest BCUT2D eigenvalue weighted by Crippen LogP contribution is 2.39. The number of carbonyl (C=O) groups is 1. The molecule has 2 heterocycles. The molecule has 1 aliphatic heterocycles. The fourth-order valence-corrected chi connectivity index (χ4v) is 4.08. The lowest BCUT2D eigenvalue weighted by Crippen LogP contribution is -2.29. The third-order valence-corrected chi connectivity index (χ3v) is 5.14. The molecule has 0 N–H and O–H groups in total. The molecule has 1 unspecified atom stereocenters. The quantitative estimate of drug-likeness (QED) is 0.840. The van der Waals surface area contributed by atoms with E-state index in [0.717, 1.165) is 16.2 Å². The molecule has 1 aromatic carbocycles. The molecule has 2 nitrogen and oxygen atoms in total. The minimum absolute atomic E-state index is 0.0364. The zero-order valence-corrected chi connectivity index (χ0v) is 11.7. The summed E-state index contributed by atoms with van der Waals surface area (Å²) in [5, 5.41) is 1.82. The molecule has 1 atom stereocenters. The van der Waals surface area contributed by atoms with E-state index in [1.54, 1.807) is 17.8 Å². The Labute approximate surface area is 119 Å². The van der Waals surface area contributed by atoms with Crippen LogP contribution in [0.3, 0.4) is 0 Å². The summed E-state index contributed by atoms with van der Waals surface area (Å²) in [6, 6.07) is 10.2. The van der Waals surface area contributed by atoms with Crippen LogP contribution in [0.4, 0.5) is 4.39 Å². The number of hydrogen-bond acceptors (Lipinski definition) is 3. The summed E-state index contributed by atoms with van der Waals surface area (Å²) in [4.78, 5) is 15.0. The van der Waals surface area contributed by atoms with E-state index in [-0.39, 0.29) is 17.1 Å². The Hall–Kier alpha value is -1.33. The minimum atomic E-state index is -0.256. The smallest absolute Gasteiger partial charge is 0.265 e. The molecule has 0 radical (unpaired) electrons. The van der Waals surface area contributed by atoms with Crippen LogP contribution in [0.15, 0.2) is 41.8 Å². The molecule has 5 heteroatoms. The number of hydrogen-bond donors (Lipinski definition) is 0. The Morgan fingerprint density at radius 2 is 2.21 bits per heavy atom. The van der Waals surface area contributed by atoms with Crippen LogP contribution >= 0.6 is 23.1 Å². The van der Waals surface area contributed by atoms with E-state index in [1.165, 1.54) is 23.5 Å². The number of thiophene rings is 1. The van der Waals surface area contributed by atoms with Gasteiger partial charge in [-0.1, -0.05) is 18.2 Å². The first-order chi connectivity index (χ1) is 9.25. The first kappa shape index (κ1) is 12.7. The topological polar surface area (TPSA) is 20.3 Å². The van der Waals surface area contributed by atoms with E-state index in [9.17, 15) is 9.18 Å². The minimum Gasteiger partial charge on any atom is -0.321 e. The molecule has 98 valence electrons. The maximum absolute atomic E-state index is 13.3. The largest absolute Gasteiger partial charge is 0.321 e. The molecule has 1 aliphatic rings. The fourth-order valence-electron chi connectivity index (χ4n) is 2.16. The maximum atomic E-state index is 13.3. The standard InChI is InChI=1S/C14H12FNOS2/c15-11-4-1-3-10(9-11)14-16(6-8-19-14)13(17)12-5-2-7-18-12/h1-5,7,9,14H,6,8H2. The van der Waals surface area contributed by atoms with Crippen molar-refractivity contribution in [3.05, 3.63) is 58.0 Å². The van der Waals surface area contributed by atoms with Gasteiger partial charge in [0.2, 0.25) is 0 Å². The number of halogens is 1. The average molecular weight is 293 g/mol. The van der Waals surface area contributed by atoms with E-state index in [0.29, 0.717) is 6.54 Å². The van der Waals surface area contributed by atoms with Gasteiger partial charge in [-0.25, -0.2) is 4.39 Å². The third-order valence-electron chi connectivity index (χ3n) is 3.02. The van der Waals surface area contributed by atoms with Crippen molar-refractivity contribution in [3.8, 4) is 0 Å². The van der Waals surface area contributed by atoms with Crippen molar-refractivity contribution in [3.63, 3.8) is 0 Å². The zero-order chi connectivity index (χ0) is 13.2. The zero-order valence-electron chi connectivity index (χ0n) is 10.1.